The lowest BCUT2D eigenvalue weighted by molar-refractivity contribution is 0.0936. The number of hydrogen-bond acceptors (Lipinski definition) is 4. The van der Waals surface area contributed by atoms with Crippen molar-refractivity contribution in [3.63, 3.8) is 0 Å². The summed E-state index contributed by atoms with van der Waals surface area (Å²) in [7, 11) is 3.74. The minimum absolute atomic E-state index is 0. The van der Waals surface area contributed by atoms with Gasteiger partial charge in [-0.25, -0.2) is 0 Å². The molecule has 0 fully saturated rings. The molecule has 148 valence electrons. The van der Waals surface area contributed by atoms with Crippen LogP contribution in [0.5, 0.6) is 11.5 Å². The fraction of sp³-hybridized carbons (Fsp3) is 0.474. The van der Waals surface area contributed by atoms with E-state index in [2.05, 4.69) is 27.6 Å². The number of aromatic nitrogens is 2. The summed E-state index contributed by atoms with van der Waals surface area (Å²) >= 11 is 0. The Morgan fingerprint density at radius 3 is 2.67 bits per heavy atom. The van der Waals surface area contributed by atoms with Crippen molar-refractivity contribution in [2.45, 2.75) is 26.4 Å². The topological polar surface area (TPSA) is 72.7 Å². The van der Waals surface area contributed by atoms with Crippen LogP contribution in [0.3, 0.4) is 0 Å². The highest BCUT2D eigenvalue weighted by molar-refractivity contribution is 14.0. The van der Waals surface area contributed by atoms with E-state index >= 15 is 0 Å². The number of rotatable bonds is 5. The summed E-state index contributed by atoms with van der Waals surface area (Å²) in [6.45, 7) is 6.08. The molecule has 0 saturated carbocycles. The van der Waals surface area contributed by atoms with Gasteiger partial charge in [0.15, 0.2) is 17.5 Å². The molecule has 1 aliphatic heterocycles. The lowest BCUT2D eigenvalue weighted by Gasteiger charge is -2.27. The van der Waals surface area contributed by atoms with Crippen molar-refractivity contribution in [1.82, 2.24) is 20.4 Å². The van der Waals surface area contributed by atoms with Gasteiger partial charge in [-0.3, -0.25) is 9.67 Å². The molecule has 0 spiro atoms. The molecule has 1 aliphatic rings. The summed E-state index contributed by atoms with van der Waals surface area (Å²) in [6, 6.07) is 7.73. The van der Waals surface area contributed by atoms with Gasteiger partial charge >= 0.3 is 0 Å². The second-order valence-corrected chi connectivity index (χ2v) is 6.40. The van der Waals surface area contributed by atoms with Crippen LogP contribution >= 0.6 is 24.0 Å². The first-order valence-corrected chi connectivity index (χ1v) is 8.90. The van der Waals surface area contributed by atoms with E-state index in [1.807, 2.05) is 42.9 Å². The second kappa shape index (κ2) is 9.82. The Kier molecular flexibility index (Phi) is 7.76. The minimum Gasteiger partial charge on any atom is -0.486 e. The van der Waals surface area contributed by atoms with E-state index in [4.69, 9.17) is 9.47 Å². The van der Waals surface area contributed by atoms with Gasteiger partial charge in [-0.1, -0.05) is 12.1 Å². The molecule has 0 bridgehead atoms. The summed E-state index contributed by atoms with van der Waals surface area (Å²) in [5, 5.41) is 11.1. The molecule has 1 aromatic heterocycles. The standard InChI is InChI=1S/C19H27N5O2.HI/c1-13-16(14(2)24(4)23-13)9-10-21-19(20-3)22-11-15-12-25-17-7-5-6-8-18(17)26-15;/h5-8,15H,9-12H2,1-4H3,(H2,20,21,22);1H. The number of nitrogens with one attached hydrogen (secondary N) is 2. The zero-order valence-electron chi connectivity index (χ0n) is 16.3. The van der Waals surface area contributed by atoms with Crippen LogP contribution in [0, 0.1) is 13.8 Å². The predicted molar refractivity (Wildman–Crippen MR) is 118 cm³/mol. The van der Waals surface area contributed by atoms with E-state index in [-0.39, 0.29) is 30.1 Å². The number of fused-ring (bicyclic) bond motifs is 1. The lowest BCUT2D eigenvalue weighted by atomic mass is 10.1. The van der Waals surface area contributed by atoms with Gasteiger partial charge in [0.2, 0.25) is 0 Å². The van der Waals surface area contributed by atoms with E-state index in [1.54, 1.807) is 7.05 Å². The Balaban J connectivity index is 0.00000261. The largest absolute Gasteiger partial charge is 0.486 e. The number of aryl methyl sites for hydroxylation is 2. The monoisotopic (exact) mass is 485 g/mol. The van der Waals surface area contributed by atoms with Gasteiger partial charge in [0.05, 0.1) is 12.2 Å². The molecule has 8 heteroatoms. The summed E-state index contributed by atoms with van der Waals surface area (Å²) in [5.74, 6) is 2.34. The van der Waals surface area contributed by atoms with Gasteiger partial charge < -0.3 is 20.1 Å². The van der Waals surface area contributed by atoms with Crippen LogP contribution in [0.2, 0.25) is 0 Å². The highest BCUT2D eigenvalue weighted by Gasteiger charge is 2.20. The van der Waals surface area contributed by atoms with Crippen molar-refractivity contribution >= 4 is 29.9 Å². The number of ether oxygens (including phenoxy) is 2. The van der Waals surface area contributed by atoms with E-state index in [0.717, 1.165) is 36.1 Å². The third-order valence-electron chi connectivity index (χ3n) is 4.61. The molecule has 0 saturated heterocycles. The highest BCUT2D eigenvalue weighted by Crippen LogP contribution is 2.30. The summed E-state index contributed by atoms with van der Waals surface area (Å²) in [5.41, 5.74) is 3.58. The third-order valence-corrected chi connectivity index (χ3v) is 4.61. The van der Waals surface area contributed by atoms with Crippen LogP contribution in [0.1, 0.15) is 17.0 Å². The van der Waals surface area contributed by atoms with Gasteiger partial charge in [-0.15, -0.1) is 24.0 Å². The zero-order chi connectivity index (χ0) is 18.5. The van der Waals surface area contributed by atoms with Crippen LogP contribution < -0.4 is 20.1 Å². The predicted octanol–water partition coefficient (Wildman–Crippen LogP) is 2.20. The molecular weight excluding hydrogens is 457 g/mol. The maximum Gasteiger partial charge on any atom is 0.191 e. The third kappa shape index (κ3) is 5.27. The van der Waals surface area contributed by atoms with E-state index < -0.39 is 0 Å². The second-order valence-electron chi connectivity index (χ2n) is 6.40. The maximum atomic E-state index is 5.95. The molecule has 1 aromatic carbocycles. The molecule has 1 unspecified atom stereocenters. The Bertz CT molecular complexity index is 790. The van der Waals surface area contributed by atoms with Gasteiger partial charge in [-0.05, 0) is 38.0 Å². The average molecular weight is 485 g/mol. The Morgan fingerprint density at radius 2 is 2.00 bits per heavy atom. The Hall–Kier alpha value is -1.97. The fourth-order valence-electron chi connectivity index (χ4n) is 3.08. The summed E-state index contributed by atoms with van der Waals surface area (Å²) in [6.07, 6.45) is 0.856. The quantitative estimate of drug-likeness (QED) is 0.386. The number of halogens is 1. The van der Waals surface area contributed by atoms with Gasteiger partial charge in [0.1, 0.15) is 12.7 Å². The van der Waals surface area contributed by atoms with Crippen LogP contribution in [-0.2, 0) is 13.5 Å². The van der Waals surface area contributed by atoms with Crippen LogP contribution in [0.25, 0.3) is 0 Å². The van der Waals surface area contributed by atoms with E-state index in [1.165, 1.54) is 11.3 Å². The molecule has 2 heterocycles. The first kappa shape index (κ1) is 21.3. The van der Waals surface area contributed by atoms with Gasteiger partial charge in [0.25, 0.3) is 0 Å². The number of para-hydroxylation sites is 2. The number of hydrogen-bond donors (Lipinski definition) is 2. The first-order chi connectivity index (χ1) is 12.6. The molecule has 7 nitrogen and oxygen atoms in total. The molecule has 0 aliphatic carbocycles. The number of guanidine groups is 1. The van der Waals surface area contributed by atoms with Crippen molar-refractivity contribution in [1.29, 1.82) is 0 Å². The van der Waals surface area contributed by atoms with Crippen LogP contribution in [-0.4, -0.2) is 48.6 Å². The van der Waals surface area contributed by atoms with Crippen LogP contribution in [0.4, 0.5) is 0 Å². The number of aliphatic imine (C=N–C) groups is 1. The van der Waals surface area contributed by atoms with Gasteiger partial charge in [0, 0.05) is 26.3 Å². The number of benzene rings is 1. The normalized spacial score (nSPS) is 15.9. The van der Waals surface area contributed by atoms with Crippen molar-refractivity contribution in [3.05, 3.63) is 41.2 Å². The van der Waals surface area contributed by atoms with Crippen molar-refractivity contribution < 1.29 is 9.47 Å². The highest BCUT2D eigenvalue weighted by atomic mass is 127. The molecule has 0 amide bonds. The summed E-state index contributed by atoms with van der Waals surface area (Å²) in [4.78, 5) is 4.28. The zero-order valence-corrected chi connectivity index (χ0v) is 18.6. The Morgan fingerprint density at radius 1 is 1.26 bits per heavy atom. The molecule has 1 atom stereocenters. The molecule has 2 aromatic rings. The minimum atomic E-state index is -0.0498. The van der Waals surface area contributed by atoms with Gasteiger partial charge in [-0.2, -0.15) is 5.10 Å². The van der Waals surface area contributed by atoms with Crippen LogP contribution in [0.15, 0.2) is 29.3 Å². The average Bonchev–Trinajstić information content (AvgIpc) is 2.90. The fourth-order valence-corrected chi connectivity index (χ4v) is 3.08. The van der Waals surface area contributed by atoms with Crippen molar-refractivity contribution in [2.75, 3.05) is 26.7 Å². The molecular formula is C19H28IN5O2. The molecule has 2 N–H and O–H groups in total. The van der Waals surface area contributed by atoms with E-state index in [0.29, 0.717) is 13.2 Å². The maximum absolute atomic E-state index is 5.95. The molecule has 27 heavy (non-hydrogen) atoms. The SMILES string of the molecule is CN=C(NCCc1c(C)nn(C)c1C)NCC1COc2ccccc2O1.I. The molecule has 3 rings (SSSR count). The Labute approximate surface area is 177 Å². The van der Waals surface area contributed by atoms with E-state index in [9.17, 15) is 0 Å². The summed E-state index contributed by atoms with van der Waals surface area (Å²) < 4.78 is 13.6. The first-order valence-electron chi connectivity index (χ1n) is 8.90. The molecule has 0 radical (unpaired) electrons. The number of nitrogens with zero attached hydrogens (tertiary/aromatic N) is 3. The smallest absolute Gasteiger partial charge is 0.191 e. The van der Waals surface area contributed by atoms with Crippen molar-refractivity contribution in [3.8, 4) is 11.5 Å². The lowest BCUT2D eigenvalue weighted by Crippen LogP contribution is -2.45. The van der Waals surface area contributed by atoms with Crippen molar-refractivity contribution in [2.24, 2.45) is 12.0 Å².